The third kappa shape index (κ3) is 4.77. The zero-order valence-electron chi connectivity index (χ0n) is 15.2. The first kappa shape index (κ1) is 19.8. The normalized spacial score (nSPS) is 11.5. The highest BCUT2D eigenvalue weighted by Gasteiger charge is 2.36. The van der Waals surface area contributed by atoms with Crippen molar-refractivity contribution in [3.63, 3.8) is 0 Å². The molecule has 0 unspecified atom stereocenters. The van der Waals surface area contributed by atoms with Gasteiger partial charge in [0.25, 0.3) is 0 Å². The van der Waals surface area contributed by atoms with Crippen LogP contribution >= 0.6 is 0 Å². The number of nitrogens with zero attached hydrogens (tertiary/aromatic N) is 3. The molecular weight excluding hydrogens is 347 g/mol. The molecule has 1 aromatic heterocycles. The Kier molecular flexibility index (Phi) is 6.28. The van der Waals surface area contributed by atoms with E-state index in [1.807, 2.05) is 32.9 Å². The molecule has 0 aliphatic carbocycles. The fourth-order valence-corrected chi connectivity index (χ4v) is 2.34. The molecule has 0 fully saturated rings. The topological polar surface area (TPSA) is 47.5 Å². The van der Waals surface area contributed by atoms with Gasteiger partial charge in [-0.1, -0.05) is 0 Å². The monoisotopic (exact) mass is 369 g/mol. The first-order chi connectivity index (χ1) is 12.3. The van der Waals surface area contributed by atoms with Gasteiger partial charge in [-0.05, 0) is 52.0 Å². The van der Waals surface area contributed by atoms with Crippen LogP contribution in [0.2, 0.25) is 0 Å². The van der Waals surface area contributed by atoms with E-state index in [1.54, 1.807) is 24.0 Å². The van der Waals surface area contributed by atoms with Crippen molar-refractivity contribution in [1.82, 2.24) is 9.97 Å². The lowest BCUT2D eigenvalue weighted by Crippen LogP contribution is -2.20. The number of hydrogen-bond donors (Lipinski definition) is 0. The first-order valence-electron chi connectivity index (χ1n) is 8.37. The van der Waals surface area contributed by atoms with Gasteiger partial charge < -0.3 is 14.4 Å². The minimum atomic E-state index is -4.57. The van der Waals surface area contributed by atoms with Crippen LogP contribution in [0.4, 0.5) is 24.8 Å². The number of rotatable bonds is 7. The van der Waals surface area contributed by atoms with Gasteiger partial charge in [-0.3, -0.25) is 0 Å². The molecule has 0 saturated heterocycles. The summed E-state index contributed by atoms with van der Waals surface area (Å²) in [6, 6.07) is 7.21. The lowest BCUT2D eigenvalue weighted by Gasteiger charge is -2.22. The Bertz CT molecular complexity index is 719. The summed E-state index contributed by atoms with van der Waals surface area (Å²) < 4.78 is 49.9. The van der Waals surface area contributed by atoms with Gasteiger partial charge in [0, 0.05) is 18.4 Å². The maximum Gasteiger partial charge on any atom is 0.423 e. The second kappa shape index (κ2) is 8.25. The Labute approximate surface area is 150 Å². The molecule has 1 heterocycles. The second-order valence-electron chi connectivity index (χ2n) is 5.72. The van der Waals surface area contributed by atoms with Crippen molar-refractivity contribution in [2.24, 2.45) is 0 Å². The van der Waals surface area contributed by atoms with Gasteiger partial charge in [-0.2, -0.15) is 18.2 Å². The molecular formula is C18H22F3N3O2. The van der Waals surface area contributed by atoms with Crippen LogP contribution in [-0.2, 0) is 6.18 Å². The molecule has 0 bridgehead atoms. The van der Waals surface area contributed by atoms with Crippen molar-refractivity contribution in [1.29, 1.82) is 0 Å². The summed E-state index contributed by atoms with van der Waals surface area (Å²) in [7, 11) is 0. The molecule has 26 heavy (non-hydrogen) atoms. The molecule has 0 N–H and O–H groups in total. The number of benzene rings is 1. The van der Waals surface area contributed by atoms with E-state index in [9.17, 15) is 13.2 Å². The van der Waals surface area contributed by atoms with Crippen LogP contribution in [0.5, 0.6) is 11.6 Å². The summed E-state index contributed by atoms with van der Waals surface area (Å²) in [6.45, 7) is 7.87. The van der Waals surface area contributed by atoms with E-state index < -0.39 is 17.6 Å². The maximum atomic E-state index is 13.1. The van der Waals surface area contributed by atoms with E-state index in [4.69, 9.17) is 9.47 Å². The molecule has 0 amide bonds. The molecule has 5 nitrogen and oxygen atoms in total. The molecule has 8 heteroatoms. The molecule has 0 aliphatic rings. The van der Waals surface area contributed by atoms with E-state index in [2.05, 4.69) is 9.97 Å². The van der Waals surface area contributed by atoms with E-state index in [0.29, 0.717) is 12.3 Å². The van der Waals surface area contributed by atoms with Crippen LogP contribution in [0.3, 0.4) is 0 Å². The number of aromatic nitrogens is 2. The van der Waals surface area contributed by atoms with Gasteiger partial charge in [-0.25, -0.2) is 4.98 Å². The molecule has 2 aromatic rings. The summed E-state index contributed by atoms with van der Waals surface area (Å²) >= 11 is 0. The van der Waals surface area contributed by atoms with Crippen molar-refractivity contribution >= 4 is 11.6 Å². The van der Waals surface area contributed by atoms with E-state index in [0.717, 1.165) is 11.9 Å². The Morgan fingerprint density at radius 3 is 2.27 bits per heavy atom. The van der Waals surface area contributed by atoms with Crippen LogP contribution in [0.1, 0.15) is 33.3 Å². The predicted molar refractivity (Wildman–Crippen MR) is 93.1 cm³/mol. The fourth-order valence-electron chi connectivity index (χ4n) is 2.34. The Balaban J connectivity index is 2.36. The first-order valence-corrected chi connectivity index (χ1v) is 8.37. The Morgan fingerprint density at radius 1 is 1.12 bits per heavy atom. The average molecular weight is 369 g/mol. The second-order valence-corrected chi connectivity index (χ2v) is 5.72. The Morgan fingerprint density at radius 2 is 1.77 bits per heavy atom. The number of ether oxygens (including phenoxy) is 2. The molecule has 0 saturated carbocycles. The van der Waals surface area contributed by atoms with Gasteiger partial charge in [0.15, 0.2) is 0 Å². The summed E-state index contributed by atoms with van der Waals surface area (Å²) in [5.41, 5.74) is -0.245. The van der Waals surface area contributed by atoms with Gasteiger partial charge in [0.1, 0.15) is 11.3 Å². The highest BCUT2D eigenvalue weighted by molar-refractivity contribution is 5.58. The molecule has 1 aromatic carbocycles. The van der Waals surface area contributed by atoms with Crippen LogP contribution in [0, 0.1) is 0 Å². The Hall–Kier alpha value is -2.51. The van der Waals surface area contributed by atoms with E-state index >= 15 is 0 Å². The number of alkyl halides is 3. The quantitative estimate of drug-likeness (QED) is 0.699. The number of halogens is 3. The zero-order chi connectivity index (χ0) is 19.3. The third-order valence-electron chi connectivity index (χ3n) is 3.41. The van der Waals surface area contributed by atoms with Crippen molar-refractivity contribution in [3.8, 4) is 11.6 Å². The number of anilines is 2. The summed E-state index contributed by atoms with van der Waals surface area (Å²) in [5, 5.41) is 0. The number of hydrogen-bond acceptors (Lipinski definition) is 5. The van der Waals surface area contributed by atoms with E-state index in [1.165, 1.54) is 0 Å². The molecule has 0 spiro atoms. The molecule has 142 valence electrons. The van der Waals surface area contributed by atoms with Crippen LogP contribution in [0.25, 0.3) is 0 Å². The fraction of sp³-hybridized carbons (Fsp3) is 0.444. The highest BCUT2D eigenvalue weighted by Crippen LogP contribution is 2.36. The predicted octanol–water partition coefficient (Wildman–Crippen LogP) is 4.84. The van der Waals surface area contributed by atoms with Gasteiger partial charge in [0.2, 0.25) is 11.8 Å². The molecule has 2 rings (SSSR count). The van der Waals surface area contributed by atoms with Crippen LogP contribution in [0.15, 0.2) is 30.5 Å². The molecule has 0 aliphatic heterocycles. The smallest absolute Gasteiger partial charge is 0.423 e. The molecule has 0 atom stereocenters. The minimum absolute atomic E-state index is 0.0510. The van der Waals surface area contributed by atoms with Crippen LogP contribution in [-0.4, -0.2) is 29.2 Å². The van der Waals surface area contributed by atoms with Gasteiger partial charge in [0.05, 0.1) is 12.7 Å². The lowest BCUT2D eigenvalue weighted by molar-refractivity contribution is -0.139. The average Bonchev–Trinajstić information content (AvgIpc) is 2.56. The van der Waals surface area contributed by atoms with Gasteiger partial charge in [-0.15, -0.1) is 0 Å². The minimum Gasteiger partial charge on any atom is -0.491 e. The van der Waals surface area contributed by atoms with Gasteiger partial charge >= 0.3 is 6.18 Å². The molecule has 0 radical (unpaired) electrons. The largest absolute Gasteiger partial charge is 0.491 e. The van der Waals surface area contributed by atoms with E-state index in [-0.39, 0.29) is 18.7 Å². The standard InChI is InChI=1S/C18H22F3N3O2/c1-5-24(13-7-9-14(10-8-13)26-12(3)4)17-22-11-15(18(19,20)21)16(23-17)25-6-2/h7-12H,5-6H2,1-4H3. The van der Waals surface area contributed by atoms with Crippen molar-refractivity contribution in [2.45, 2.75) is 40.0 Å². The summed E-state index contributed by atoms with van der Waals surface area (Å²) in [5.74, 6) is 0.382. The van der Waals surface area contributed by atoms with Crippen molar-refractivity contribution in [2.75, 3.05) is 18.1 Å². The lowest BCUT2D eigenvalue weighted by atomic mass is 10.2. The third-order valence-corrected chi connectivity index (χ3v) is 3.41. The zero-order valence-corrected chi connectivity index (χ0v) is 15.2. The highest BCUT2D eigenvalue weighted by atomic mass is 19.4. The van der Waals surface area contributed by atoms with Crippen LogP contribution < -0.4 is 14.4 Å². The maximum absolute atomic E-state index is 13.1. The summed E-state index contributed by atoms with van der Waals surface area (Å²) in [4.78, 5) is 9.57. The SMILES string of the molecule is CCOc1nc(N(CC)c2ccc(OC(C)C)cc2)ncc1C(F)(F)F. The van der Waals surface area contributed by atoms with Crippen molar-refractivity contribution < 1.29 is 22.6 Å². The summed E-state index contributed by atoms with van der Waals surface area (Å²) in [6.07, 6.45) is -3.77. The van der Waals surface area contributed by atoms with Crippen molar-refractivity contribution in [3.05, 3.63) is 36.0 Å².